The van der Waals surface area contributed by atoms with Gasteiger partial charge >= 0.3 is 0 Å². The molecule has 1 aliphatic heterocycles. The third-order valence-corrected chi connectivity index (χ3v) is 3.81. The van der Waals surface area contributed by atoms with Crippen LogP contribution in [0.25, 0.3) is 0 Å². The first-order valence-electron chi connectivity index (χ1n) is 7.42. The van der Waals surface area contributed by atoms with Crippen LogP contribution < -0.4 is 10.2 Å². The molecule has 21 heavy (non-hydrogen) atoms. The molecule has 0 unspecified atom stereocenters. The van der Waals surface area contributed by atoms with Gasteiger partial charge in [-0.1, -0.05) is 6.07 Å². The Bertz CT molecular complexity index is 613. The number of nitrogens with zero attached hydrogens (tertiary/aromatic N) is 4. The van der Waals surface area contributed by atoms with Crippen molar-refractivity contribution in [2.45, 2.75) is 20.3 Å². The van der Waals surface area contributed by atoms with E-state index < -0.39 is 0 Å². The summed E-state index contributed by atoms with van der Waals surface area (Å²) in [6, 6.07) is 6.07. The summed E-state index contributed by atoms with van der Waals surface area (Å²) in [5, 5.41) is 3.44. The molecule has 0 aromatic carbocycles. The van der Waals surface area contributed by atoms with E-state index in [2.05, 4.69) is 25.2 Å². The number of pyridine rings is 1. The van der Waals surface area contributed by atoms with Crippen LogP contribution >= 0.6 is 0 Å². The Balaban J connectivity index is 1.55. The van der Waals surface area contributed by atoms with Crippen LogP contribution in [0.2, 0.25) is 0 Å². The minimum atomic E-state index is 0.620. The fraction of sp³-hybridized carbons (Fsp3) is 0.438. The lowest BCUT2D eigenvalue weighted by Gasteiger charge is -2.17. The van der Waals surface area contributed by atoms with Crippen molar-refractivity contribution in [2.75, 3.05) is 29.9 Å². The lowest BCUT2D eigenvalue weighted by Crippen LogP contribution is -2.23. The molecule has 1 saturated heterocycles. The van der Waals surface area contributed by atoms with Crippen molar-refractivity contribution in [2.24, 2.45) is 5.92 Å². The van der Waals surface area contributed by atoms with Crippen molar-refractivity contribution in [3.63, 3.8) is 0 Å². The number of aryl methyl sites for hydroxylation is 2. The Labute approximate surface area is 125 Å². The third-order valence-electron chi connectivity index (χ3n) is 3.81. The molecule has 1 aliphatic rings. The molecule has 0 spiro atoms. The average Bonchev–Trinajstić information content (AvgIpc) is 2.94. The highest BCUT2D eigenvalue weighted by atomic mass is 15.2. The van der Waals surface area contributed by atoms with Crippen LogP contribution in [0.15, 0.2) is 30.6 Å². The quantitative estimate of drug-likeness (QED) is 0.934. The largest absolute Gasteiger partial charge is 0.370 e. The first-order valence-corrected chi connectivity index (χ1v) is 7.42. The Hall–Kier alpha value is -2.17. The standard InChI is InChI=1S/C16H21N5/c1-12-4-3-5-15(19-12)18-9-14-6-7-21(11-14)16-10-17-8-13(2)20-16/h3-5,8,10,14H,6-7,9,11H2,1-2H3,(H,18,19)/t14-/m0/s1. The number of hydrogen-bond acceptors (Lipinski definition) is 5. The van der Waals surface area contributed by atoms with E-state index in [0.29, 0.717) is 5.92 Å². The predicted molar refractivity (Wildman–Crippen MR) is 84.6 cm³/mol. The van der Waals surface area contributed by atoms with Gasteiger partial charge in [0.25, 0.3) is 0 Å². The number of aromatic nitrogens is 3. The summed E-state index contributed by atoms with van der Waals surface area (Å²) in [5.74, 6) is 2.57. The van der Waals surface area contributed by atoms with Crippen molar-refractivity contribution in [3.8, 4) is 0 Å². The van der Waals surface area contributed by atoms with E-state index in [9.17, 15) is 0 Å². The fourth-order valence-electron chi connectivity index (χ4n) is 2.70. The van der Waals surface area contributed by atoms with E-state index in [1.807, 2.05) is 38.2 Å². The summed E-state index contributed by atoms with van der Waals surface area (Å²) in [4.78, 5) is 15.6. The summed E-state index contributed by atoms with van der Waals surface area (Å²) in [5.41, 5.74) is 2.01. The van der Waals surface area contributed by atoms with E-state index in [1.165, 1.54) is 6.42 Å². The first-order chi connectivity index (χ1) is 10.2. The molecule has 0 amide bonds. The maximum absolute atomic E-state index is 4.55. The SMILES string of the molecule is Cc1cccc(NC[C@@H]2CCN(c3cncc(C)n3)C2)n1. The molecule has 0 bridgehead atoms. The number of anilines is 2. The topological polar surface area (TPSA) is 53.9 Å². The van der Waals surface area contributed by atoms with Gasteiger partial charge in [0.05, 0.1) is 11.9 Å². The van der Waals surface area contributed by atoms with Crippen LogP contribution in [0.5, 0.6) is 0 Å². The van der Waals surface area contributed by atoms with Crippen molar-refractivity contribution < 1.29 is 0 Å². The van der Waals surface area contributed by atoms with E-state index >= 15 is 0 Å². The molecule has 1 N–H and O–H groups in total. The molecule has 1 fully saturated rings. The van der Waals surface area contributed by atoms with Crippen LogP contribution in [0.3, 0.4) is 0 Å². The van der Waals surface area contributed by atoms with Gasteiger partial charge < -0.3 is 10.2 Å². The van der Waals surface area contributed by atoms with Gasteiger partial charge in [-0.25, -0.2) is 9.97 Å². The van der Waals surface area contributed by atoms with Crippen molar-refractivity contribution in [3.05, 3.63) is 42.0 Å². The van der Waals surface area contributed by atoms with Gasteiger partial charge in [-0.15, -0.1) is 0 Å². The van der Waals surface area contributed by atoms with Crippen molar-refractivity contribution in [1.29, 1.82) is 0 Å². The molecule has 5 heteroatoms. The van der Waals surface area contributed by atoms with Gasteiger partial charge in [0, 0.05) is 31.5 Å². The second-order valence-corrected chi connectivity index (χ2v) is 5.66. The van der Waals surface area contributed by atoms with Crippen LogP contribution in [-0.2, 0) is 0 Å². The number of nitrogens with one attached hydrogen (secondary N) is 1. The van der Waals surface area contributed by atoms with Crippen LogP contribution in [-0.4, -0.2) is 34.6 Å². The minimum Gasteiger partial charge on any atom is -0.370 e. The van der Waals surface area contributed by atoms with Gasteiger partial charge in [-0.2, -0.15) is 0 Å². The lowest BCUT2D eigenvalue weighted by molar-refractivity contribution is 0.620. The number of rotatable bonds is 4. The van der Waals surface area contributed by atoms with Crippen LogP contribution in [0, 0.1) is 19.8 Å². The molecule has 3 rings (SSSR count). The molecule has 2 aromatic heterocycles. The summed E-state index contributed by atoms with van der Waals surface area (Å²) in [7, 11) is 0. The molecule has 0 radical (unpaired) electrons. The van der Waals surface area contributed by atoms with Gasteiger partial charge in [0.15, 0.2) is 0 Å². The second-order valence-electron chi connectivity index (χ2n) is 5.66. The van der Waals surface area contributed by atoms with Gasteiger partial charge in [0.2, 0.25) is 0 Å². The van der Waals surface area contributed by atoms with E-state index in [-0.39, 0.29) is 0 Å². The minimum absolute atomic E-state index is 0.620. The highest BCUT2D eigenvalue weighted by Gasteiger charge is 2.23. The Morgan fingerprint density at radius 2 is 2.10 bits per heavy atom. The van der Waals surface area contributed by atoms with Crippen molar-refractivity contribution in [1.82, 2.24) is 15.0 Å². The fourth-order valence-corrected chi connectivity index (χ4v) is 2.70. The summed E-state index contributed by atoms with van der Waals surface area (Å²) < 4.78 is 0. The van der Waals surface area contributed by atoms with Crippen molar-refractivity contribution >= 4 is 11.6 Å². The smallest absolute Gasteiger partial charge is 0.147 e. The molecule has 3 heterocycles. The van der Waals surface area contributed by atoms with Crippen LogP contribution in [0.1, 0.15) is 17.8 Å². The monoisotopic (exact) mass is 283 g/mol. The number of hydrogen-bond donors (Lipinski definition) is 1. The normalized spacial score (nSPS) is 18.0. The van der Waals surface area contributed by atoms with Gasteiger partial charge in [-0.05, 0) is 38.3 Å². The third kappa shape index (κ3) is 3.48. The Morgan fingerprint density at radius 3 is 2.90 bits per heavy atom. The Kier molecular flexibility index (Phi) is 3.99. The molecular formula is C16H21N5. The molecular weight excluding hydrogens is 262 g/mol. The lowest BCUT2D eigenvalue weighted by atomic mass is 10.1. The highest BCUT2D eigenvalue weighted by Crippen LogP contribution is 2.22. The zero-order valence-corrected chi connectivity index (χ0v) is 12.6. The molecule has 0 saturated carbocycles. The average molecular weight is 283 g/mol. The zero-order valence-electron chi connectivity index (χ0n) is 12.6. The van der Waals surface area contributed by atoms with E-state index in [1.54, 1.807) is 6.20 Å². The van der Waals surface area contributed by atoms with E-state index in [4.69, 9.17) is 0 Å². The maximum atomic E-state index is 4.55. The highest BCUT2D eigenvalue weighted by molar-refractivity contribution is 5.39. The molecule has 0 aliphatic carbocycles. The molecule has 1 atom stereocenters. The Morgan fingerprint density at radius 1 is 1.19 bits per heavy atom. The van der Waals surface area contributed by atoms with Gasteiger partial charge in [-0.3, -0.25) is 4.98 Å². The molecule has 110 valence electrons. The maximum Gasteiger partial charge on any atom is 0.147 e. The first kappa shape index (κ1) is 13.8. The predicted octanol–water partition coefficient (Wildman–Crippen LogP) is 2.43. The van der Waals surface area contributed by atoms with E-state index in [0.717, 1.165) is 42.7 Å². The zero-order chi connectivity index (χ0) is 14.7. The van der Waals surface area contributed by atoms with Crippen LogP contribution in [0.4, 0.5) is 11.6 Å². The van der Waals surface area contributed by atoms with Gasteiger partial charge in [0.1, 0.15) is 11.6 Å². The summed E-state index contributed by atoms with van der Waals surface area (Å²) in [6.07, 6.45) is 4.82. The summed E-state index contributed by atoms with van der Waals surface area (Å²) in [6.45, 7) is 7.02. The second kappa shape index (κ2) is 6.08. The molecule has 5 nitrogen and oxygen atoms in total. The summed E-state index contributed by atoms with van der Waals surface area (Å²) >= 11 is 0. The molecule has 2 aromatic rings.